The van der Waals surface area contributed by atoms with Gasteiger partial charge in [-0.3, -0.25) is 0 Å². The number of carboxylic acids is 1. The van der Waals surface area contributed by atoms with Gasteiger partial charge in [0.15, 0.2) is 11.3 Å². The number of benzene rings is 1. The van der Waals surface area contributed by atoms with Crippen molar-refractivity contribution in [3.05, 3.63) is 29.6 Å². The summed E-state index contributed by atoms with van der Waals surface area (Å²) >= 11 is 0. The molecule has 0 bridgehead atoms. The number of carbonyl (C=O) groups is 1. The number of nitrogens with zero attached hydrogens (tertiary/aromatic N) is 2. The molecule has 0 radical (unpaired) electrons. The quantitative estimate of drug-likeness (QED) is 0.756. The molecule has 0 aliphatic carbocycles. The first-order valence-corrected chi connectivity index (χ1v) is 3.99. The van der Waals surface area contributed by atoms with Crippen LogP contribution in [0.4, 0.5) is 4.39 Å². The molecule has 5 nitrogen and oxygen atoms in total. The van der Waals surface area contributed by atoms with Crippen LogP contribution in [0.25, 0.3) is 17.1 Å². The fourth-order valence-electron chi connectivity index (χ4n) is 1.13. The standard InChI is InChI=1S/C9H5FN2O3/c10-6-3-5(1-2-8(13)14)4-7-9(6)12-15-11-7/h1-4H,(H,13,14)/b2-1+. The molecule has 2 aromatic rings. The van der Waals surface area contributed by atoms with E-state index in [9.17, 15) is 9.18 Å². The number of carboxylic acid groups (broad SMARTS) is 1. The lowest BCUT2D eigenvalue weighted by molar-refractivity contribution is -0.131. The zero-order valence-electron chi connectivity index (χ0n) is 7.35. The van der Waals surface area contributed by atoms with Gasteiger partial charge >= 0.3 is 5.97 Å². The second-order valence-electron chi connectivity index (χ2n) is 2.81. The third-order valence-electron chi connectivity index (χ3n) is 1.76. The second-order valence-corrected chi connectivity index (χ2v) is 2.81. The van der Waals surface area contributed by atoms with Gasteiger partial charge in [0.05, 0.1) is 0 Å². The summed E-state index contributed by atoms with van der Waals surface area (Å²) in [4.78, 5) is 10.2. The molecular formula is C9H5FN2O3. The van der Waals surface area contributed by atoms with Gasteiger partial charge in [-0.1, -0.05) is 0 Å². The van der Waals surface area contributed by atoms with Crippen molar-refractivity contribution in [2.75, 3.05) is 0 Å². The minimum Gasteiger partial charge on any atom is -0.478 e. The van der Waals surface area contributed by atoms with Crippen LogP contribution >= 0.6 is 0 Å². The van der Waals surface area contributed by atoms with E-state index in [1.807, 2.05) is 0 Å². The zero-order valence-corrected chi connectivity index (χ0v) is 7.35. The Kier molecular flexibility index (Phi) is 2.17. The molecule has 0 atom stereocenters. The topological polar surface area (TPSA) is 76.2 Å². The normalized spacial score (nSPS) is 11.3. The van der Waals surface area contributed by atoms with Gasteiger partial charge in [0, 0.05) is 6.08 Å². The lowest BCUT2D eigenvalue weighted by atomic mass is 10.2. The minimum absolute atomic E-state index is 0.0301. The van der Waals surface area contributed by atoms with Gasteiger partial charge in [-0.25, -0.2) is 13.8 Å². The molecule has 0 fully saturated rings. The number of hydrogen-bond acceptors (Lipinski definition) is 4. The fourth-order valence-corrected chi connectivity index (χ4v) is 1.13. The highest BCUT2D eigenvalue weighted by molar-refractivity contribution is 5.86. The Hall–Kier alpha value is -2.24. The monoisotopic (exact) mass is 208 g/mol. The first kappa shape index (κ1) is 9.32. The minimum atomic E-state index is -1.10. The summed E-state index contributed by atoms with van der Waals surface area (Å²) in [6.45, 7) is 0. The van der Waals surface area contributed by atoms with Crippen molar-refractivity contribution in [3.63, 3.8) is 0 Å². The molecule has 0 aliphatic heterocycles. The molecular weight excluding hydrogens is 203 g/mol. The van der Waals surface area contributed by atoms with Crippen molar-refractivity contribution < 1.29 is 18.9 Å². The number of hydrogen-bond donors (Lipinski definition) is 1. The van der Waals surface area contributed by atoms with Gasteiger partial charge in [-0.15, -0.1) is 0 Å². The lowest BCUT2D eigenvalue weighted by Crippen LogP contribution is -1.86. The molecule has 0 spiro atoms. The lowest BCUT2D eigenvalue weighted by Gasteiger charge is -1.92. The van der Waals surface area contributed by atoms with Crippen LogP contribution in [-0.4, -0.2) is 21.4 Å². The van der Waals surface area contributed by atoms with E-state index in [1.54, 1.807) is 0 Å². The van der Waals surface area contributed by atoms with Crippen molar-refractivity contribution in [3.8, 4) is 0 Å². The Morgan fingerprint density at radius 2 is 2.27 bits per heavy atom. The van der Waals surface area contributed by atoms with Crippen LogP contribution in [0.5, 0.6) is 0 Å². The van der Waals surface area contributed by atoms with Gasteiger partial charge in [0.1, 0.15) is 5.52 Å². The molecule has 0 saturated carbocycles. The summed E-state index contributed by atoms with van der Waals surface area (Å²) < 4.78 is 17.6. The fraction of sp³-hybridized carbons (Fsp3) is 0. The number of halogens is 1. The molecule has 0 amide bonds. The molecule has 0 unspecified atom stereocenters. The van der Waals surface area contributed by atoms with Gasteiger partial charge in [-0.2, -0.15) is 0 Å². The smallest absolute Gasteiger partial charge is 0.328 e. The number of aliphatic carboxylic acids is 1. The Morgan fingerprint density at radius 3 is 3.00 bits per heavy atom. The van der Waals surface area contributed by atoms with E-state index in [0.717, 1.165) is 12.1 Å². The zero-order chi connectivity index (χ0) is 10.8. The largest absolute Gasteiger partial charge is 0.478 e. The molecule has 1 aromatic heterocycles. The summed E-state index contributed by atoms with van der Waals surface area (Å²) in [7, 11) is 0. The van der Waals surface area contributed by atoms with Crippen molar-refractivity contribution in [1.82, 2.24) is 10.3 Å². The van der Waals surface area contributed by atoms with Crippen molar-refractivity contribution in [2.24, 2.45) is 0 Å². The Morgan fingerprint density at radius 1 is 1.47 bits per heavy atom. The molecule has 0 aliphatic rings. The number of fused-ring (bicyclic) bond motifs is 1. The highest BCUT2D eigenvalue weighted by Gasteiger charge is 2.07. The van der Waals surface area contributed by atoms with Crippen molar-refractivity contribution >= 4 is 23.1 Å². The second kappa shape index (κ2) is 3.49. The van der Waals surface area contributed by atoms with Crippen LogP contribution in [0.15, 0.2) is 22.8 Å². The van der Waals surface area contributed by atoms with Gasteiger partial charge in [0.25, 0.3) is 0 Å². The van der Waals surface area contributed by atoms with E-state index >= 15 is 0 Å². The maximum atomic E-state index is 13.3. The highest BCUT2D eigenvalue weighted by atomic mass is 19.1. The highest BCUT2D eigenvalue weighted by Crippen LogP contribution is 2.17. The molecule has 6 heteroatoms. The van der Waals surface area contributed by atoms with E-state index in [4.69, 9.17) is 5.11 Å². The van der Waals surface area contributed by atoms with Gasteiger partial charge in [-0.05, 0) is 34.1 Å². The molecule has 15 heavy (non-hydrogen) atoms. The molecule has 1 heterocycles. The van der Waals surface area contributed by atoms with Crippen LogP contribution in [0.1, 0.15) is 5.56 Å². The summed E-state index contributed by atoms with van der Waals surface area (Å²) in [6.07, 6.45) is 2.17. The molecule has 1 N–H and O–H groups in total. The average molecular weight is 208 g/mol. The summed E-state index contributed by atoms with van der Waals surface area (Å²) in [5.41, 5.74) is 0.667. The van der Waals surface area contributed by atoms with Gasteiger partial charge < -0.3 is 5.11 Å². The van der Waals surface area contributed by atoms with Crippen LogP contribution in [-0.2, 0) is 4.79 Å². The SMILES string of the molecule is O=C(O)/C=C/c1cc(F)c2nonc2c1. The number of aromatic nitrogens is 2. The molecule has 76 valence electrons. The van der Waals surface area contributed by atoms with E-state index in [-0.39, 0.29) is 11.0 Å². The number of rotatable bonds is 2. The van der Waals surface area contributed by atoms with Crippen molar-refractivity contribution in [2.45, 2.75) is 0 Å². The van der Waals surface area contributed by atoms with E-state index in [1.165, 1.54) is 12.1 Å². The molecule has 2 rings (SSSR count). The van der Waals surface area contributed by atoms with Crippen LogP contribution in [0, 0.1) is 5.82 Å². The molecule has 0 saturated heterocycles. The summed E-state index contributed by atoms with van der Waals surface area (Å²) in [5.74, 6) is -1.70. The van der Waals surface area contributed by atoms with E-state index < -0.39 is 11.8 Å². The predicted octanol–water partition coefficient (Wildman–Crippen LogP) is 1.46. The third kappa shape index (κ3) is 1.83. The maximum absolute atomic E-state index is 13.3. The predicted molar refractivity (Wildman–Crippen MR) is 48.4 cm³/mol. The Labute approximate surface area is 82.8 Å². The van der Waals surface area contributed by atoms with Crippen LogP contribution < -0.4 is 0 Å². The molecule has 1 aromatic carbocycles. The van der Waals surface area contributed by atoms with Crippen molar-refractivity contribution in [1.29, 1.82) is 0 Å². The van der Waals surface area contributed by atoms with Gasteiger partial charge in [0.2, 0.25) is 0 Å². The maximum Gasteiger partial charge on any atom is 0.328 e. The summed E-state index contributed by atoms with van der Waals surface area (Å²) in [5, 5.41) is 15.2. The van der Waals surface area contributed by atoms with Crippen LogP contribution in [0.2, 0.25) is 0 Å². The Balaban J connectivity index is 2.49. The van der Waals surface area contributed by atoms with E-state index in [0.29, 0.717) is 5.56 Å². The summed E-state index contributed by atoms with van der Waals surface area (Å²) in [6, 6.07) is 2.64. The Bertz CT molecular complexity index is 547. The van der Waals surface area contributed by atoms with E-state index in [2.05, 4.69) is 14.9 Å². The first-order chi connectivity index (χ1) is 7.16. The van der Waals surface area contributed by atoms with Crippen LogP contribution in [0.3, 0.4) is 0 Å². The first-order valence-electron chi connectivity index (χ1n) is 3.99. The average Bonchev–Trinajstić information content (AvgIpc) is 2.63. The third-order valence-corrected chi connectivity index (χ3v) is 1.76.